The van der Waals surface area contributed by atoms with Gasteiger partial charge >= 0.3 is 11.9 Å². The van der Waals surface area contributed by atoms with Crippen molar-refractivity contribution in [2.75, 3.05) is 0 Å². The van der Waals surface area contributed by atoms with Crippen molar-refractivity contribution in [2.24, 2.45) is 5.73 Å². The topological polar surface area (TPSA) is 133 Å². The Balaban J connectivity index is 0.000000511. The van der Waals surface area contributed by atoms with Crippen LogP contribution < -0.4 is 5.73 Å². The van der Waals surface area contributed by atoms with Crippen LogP contribution >= 0.6 is 0 Å². The van der Waals surface area contributed by atoms with E-state index in [4.69, 9.17) is 15.6 Å². The number of carboxylic acids is 1. The number of nitrogens with two attached hydrogens (primary N) is 1. The molecule has 1 aromatic rings. The maximum absolute atomic E-state index is 11.7. The second-order valence-electron chi connectivity index (χ2n) is 7.21. The van der Waals surface area contributed by atoms with Crippen molar-refractivity contribution in [3.8, 4) is 0 Å². The number of nitro benzene ring substituents is 1. The SMILES string of the molecule is C=CCCC[C@](C)(N)C(=O)OC(C)(C)C.O=C(O)c1ccc([N+](=O)[O-])cc1. The molecule has 0 aliphatic carbocycles. The Hall–Kier alpha value is -2.74. The summed E-state index contributed by atoms with van der Waals surface area (Å²) >= 11 is 0. The standard InChI is InChI=1S/C12H23NO2.C7H5NO4/c1-6-7-8-9-12(5,13)10(14)15-11(2,3)4;9-7(10)5-1-3-6(4-2-5)8(11)12/h6H,1,7-9,13H2,2-5H3;1-4H,(H,9,10)/t12-;/m0./s1. The molecule has 0 fully saturated rings. The number of nitro groups is 1. The number of rotatable bonds is 7. The smallest absolute Gasteiger partial charge is 0.335 e. The number of carbonyl (C=O) groups is 2. The number of aromatic carboxylic acids is 1. The lowest BCUT2D eigenvalue weighted by Crippen LogP contribution is -2.48. The molecular formula is C19H28N2O6. The minimum Gasteiger partial charge on any atom is -0.478 e. The molecule has 1 atom stereocenters. The Labute approximate surface area is 159 Å². The molecule has 8 heteroatoms. The molecule has 0 saturated heterocycles. The van der Waals surface area contributed by atoms with Crippen LogP contribution in [0, 0.1) is 10.1 Å². The Kier molecular flexibility index (Phi) is 9.36. The summed E-state index contributed by atoms with van der Waals surface area (Å²) < 4.78 is 5.24. The predicted molar refractivity (Wildman–Crippen MR) is 103 cm³/mol. The van der Waals surface area contributed by atoms with Gasteiger partial charge in [-0.2, -0.15) is 0 Å². The van der Waals surface area contributed by atoms with E-state index in [1.807, 2.05) is 26.8 Å². The number of allylic oxidation sites excluding steroid dienone is 1. The van der Waals surface area contributed by atoms with Gasteiger partial charge in [0.15, 0.2) is 0 Å². The van der Waals surface area contributed by atoms with Gasteiger partial charge in [0.2, 0.25) is 0 Å². The van der Waals surface area contributed by atoms with E-state index >= 15 is 0 Å². The van der Waals surface area contributed by atoms with Gasteiger partial charge < -0.3 is 15.6 Å². The van der Waals surface area contributed by atoms with Crippen molar-refractivity contribution in [2.45, 2.75) is 58.1 Å². The second kappa shape index (κ2) is 10.4. The van der Waals surface area contributed by atoms with Crippen molar-refractivity contribution in [3.05, 3.63) is 52.6 Å². The molecule has 0 aliphatic heterocycles. The summed E-state index contributed by atoms with van der Waals surface area (Å²) in [6.45, 7) is 10.9. The lowest BCUT2D eigenvalue weighted by molar-refractivity contribution is -0.384. The van der Waals surface area contributed by atoms with Gasteiger partial charge in [-0.15, -0.1) is 6.58 Å². The minimum absolute atomic E-state index is 0.0422. The van der Waals surface area contributed by atoms with Gasteiger partial charge in [0, 0.05) is 12.1 Å². The van der Waals surface area contributed by atoms with E-state index in [0.29, 0.717) is 6.42 Å². The molecule has 0 aliphatic rings. The van der Waals surface area contributed by atoms with E-state index in [0.717, 1.165) is 25.0 Å². The normalized spacial score (nSPS) is 12.8. The van der Waals surface area contributed by atoms with Gasteiger partial charge in [0.05, 0.1) is 10.5 Å². The molecular weight excluding hydrogens is 352 g/mol. The fraction of sp³-hybridized carbons (Fsp3) is 0.474. The van der Waals surface area contributed by atoms with Crippen LogP contribution in [0.3, 0.4) is 0 Å². The number of unbranched alkanes of at least 4 members (excludes halogenated alkanes) is 1. The molecule has 0 heterocycles. The van der Waals surface area contributed by atoms with Crippen LogP contribution in [0.1, 0.15) is 57.3 Å². The fourth-order valence-corrected chi connectivity index (χ4v) is 1.84. The summed E-state index contributed by atoms with van der Waals surface area (Å²) in [5.41, 5.74) is 4.46. The quantitative estimate of drug-likeness (QED) is 0.242. The second-order valence-corrected chi connectivity index (χ2v) is 7.21. The van der Waals surface area contributed by atoms with Crippen LogP contribution in [-0.4, -0.2) is 33.1 Å². The van der Waals surface area contributed by atoms with Crippen molar-refractivity contribution in [1.29, 1.82) is 0 Å². The van der Waals surface area contributed by atoms with Gasteiger partial charge in [-0.3, -0.25) is 14.9 Å². The highest BCUT2D eigenvalue weighted by atomic mass is 16.6. The number of benzene rings is 1. The Morgan fingerprint density at radius 3 is 2.15 bits per heavy atom. The van der Waals surface area contributed by atoms with Crippen molar-refractivity contribution < 1.29 is 24.4 Å². The van der Waals surface area contributed by atoms with Crippen LogP contribution in [0.25, 0.3) is 0 Å². The van der Waals surface area contributed by atoms with Gasteiger partial charge in [-0.25, -0.2) is 4.79 Å². The van der Waals surface area contributed by atoms with Crippen LogP contribution in [0.2, 0.25) is 0 Å². The van der Waals surface area contributed by atoms with Gasteiger partial charge in [0.25, 0.3) is 5.69 Å². The average Bonchev–Trinajstić information content (AvgIpc) is 2.54. The largest absolute Gasteiger partial charge is 0.478 e. The first-order valence-electron chi connectivity index (χ1n) is 8.41. The van der Waals surface area contributed by atoms with Gasteiger partial charge in [-0.05, 0) is 59.1 Å². The lowest BCUT2D eigenvalue weighted by Gasteiger charge is -2.28. The Morgan fingerprint density at radius 2 is 1.78 bits per heavy atom. The Bertz CT molecular complexity index is 627. The zero-order valence-electron chi connectivity index (χ0n) is 16.2. The van der Waals surface area contributed by atoms with Crippen molar-refractivity contribution in [3.63, 3.8) is 0 Å². The third kappa shape index (κ3) is 10.1. The zero-order chi connectivity index (χ0) is 21.3. The molecule has 8 nitrogen and oxygen atoms in total. The molecule has 0 saturated carbocycles. The summed E-state index contributed by atoms with van der Waals surface area (Å²) in [5.74, 6) is -1.43. The van der Waals surface area contributed by atoms with Crippen LogP contribution in [-0.2, 0) is 9.53 Å². The fourth-order valence-electron chi connectivity index (χ4n) is 1.84. The third-order valence-electron chi connectivity index (χ3n) is 3.29. The third-order valence-corrected chi connectivity index (χ3v) is 3.29. The zero-order valence-corrected chi connectivity index (χ0v) is 16.2. The summed E-state index contributed by atoms with van der Waals surface area (Å²) in [6.07, 6.45) is 4.17. The molecule has 0 bridgehead atoms. The van der Waals surface area contributed by atoms with Gasteiger partial charge in [0.1, 0.15) is 11.1 Å². The summed E-state index contributed by atoms with van der Waals surface area (Å²) in [4.78, 5) is 31.6. The van der Waals surface area contributed by atoms with E-state index in [-0.39, 0.29) is 17.2 Å². The maximum Gasteiger partial charge on any atom is 0.335 e. The Morgan fingerprint density at radius 1 is 1.26 bits per heavy atom. The van der Waals surface area contributed by atoms with Crippen LogP contribution in [0.15, 0.2) is 36.9 Å². The molecule has 0 amide bonds. The molecule has 3 N–H and O–H groups in total. The molecule has 1 aromatic carbocycles. The van der Waals surface area contributed by atoms with Gasteiger partial charge in [-0.1, -0.05) is 6.08 Å². The predicted octanol–water partition coefficient (Wildman–Crippen LogP) is 3.69. The first kappa shape index (κ1) is 24.3. The molecule has 150 valence electrons. The number of carboxylic acid groups (broad SMARTS) is 1. The van der Waals surface area contributed by atoms with E-state index in [2.05, 4.69) is 6.58 Å². The van der Waals surface area contributed by atoms with E-state index in [9.17, 15) is 19.7 Å². The highest BCUT2D eigenvalue weighted by Gasteiger charge is 2.32. The average molecular weight is 380 g/mol. The van der Waals surface area contributed by atoms with Crippen LogP contribution in [0.5, 0.6) is 0 Å². The number of carbonyl (C=O) groups excluding carboxylic acids is 1. The van der Waals surface area contributed by atoms with Crippen molar-refractivity contribution in [1.82, 2.24) is 0 Å². The number of nitrogens with zero attached hydrogens (tertiary/aromatic N) is 1. The maximum atomic E-state index is 11.7. The molecule has 0 unspecified atom stereocenters. The summed E-state index contributed by atoms with van der Waals surface area (Å²) in [6, 6.07) is 4.70. The van der Waals surface area contributed by atoms with Crippen LogP contribution in [0.4, 0.5) is 5.69 Å². The minimum atomic E-state index is -1.09. The lowest BCUT2D eigenvalue weighted by atomic mass is 9.96. The molecule has 1 rings (SSSR count). The highest BCUT2D eigenvalue weighted by Crippen LogP contribution is 2.17. The number of ether oxygens (including phenoxy) is 1. The molecule has 0 aromatic heterocycles. The number of esters is 1. The number of non-ortho nitro benzene ring substituents is 1. The monoisotopic (exact) mass is 380 g/mol. The summed E-state index contributed by atoms with van der Waals surface area (Å²) in [5, 5.41) is 18.6. The first-order chi connectivity index (χ1) is 12.3. The first-order valence-corrected chi connectivity index (χ1v) is 8.41. The number of hydrogen-bond acceptors (Lipinski definition) is 6. The van der Waals surface area contributed by atoms with E-state index < -0.39 is 22.0 Å². The van der Waals surface area contributed by atoms with E-state index in [1.165, 1.54) is 12.1 Å². The van der Waals surface area contributed by atoms with Crippen molar-refractivity contribution >= 4 is 17.6 Å². The van der Waals surface area contributed by atoms with E-state index in [1.54, 1.807) is 6.92 Å². The molecule has 27 heavy (non-hydrogen) atoms. The molecule has 0 spiro atoms. The molecule has 0 radical (unpaired) electrons. The highest BCUT2D eigenvalue weighted by molar-refractivity contribution is 5.87. The number of hydrogen-bond donors (Lipinski definition) is 2. The summed E-state index contributed by atoms with van der Waals surface area (Å²) in [7, 11) is 0.